The molecule has 0 atom stereocenters. The molecule has 2 aliphatic heterocycles. The molecule has 0 saturated carbocycles. The van der Waals surface area contributed by atoms with Gasteiger partial charge in [0.15, 0.2) is 0 Å². The van der Waals surface area contributed by atoms with Gasteiger partial charge in [-0.3, -0.25) is 9.78 Å². The Bertz CT molecular complexity index is 1110. The molecule has 0 bridgehead atoms. The second-order valence-electron chi connectivity index (χ2n) is 5.90. The Hall–Kier alpha value is -3.18. The number of aromatic nitrogens is 4. The highest BCUT2D eigenvalue weighted by molar-refractivity contribution is 6.30. The molecule has 5 nitrogen and oxygen atoms in total. The van der Waals surface area contributed by atoms with Crippen molar-refractivity contribution in [2.45, 2.75) is 6.92 Å². The topological polar surface area (TPSA) is 63.6 Å². The molecule has 0 fully saturated rings. The quantitative estimate of drug-likeness (QED) is 0.594. The van der Waals surface area contributed by atoms with Crippen LogP contribution < -0.4 is 5.56 Å². The first-order valence-corrected chi connectivity index (χ1v) is 8.46. The highest BCUT2D eigenvalue weighted by atomic mass is 35.5. The molecule has 2 aliphatic rings. The fourth-order valence-electron chi connectivity index (χ4n) is 2.79. The summed E-state index contributed by atoms with van der Waals surface area (Å²) >= 11 is 5.94. The summed E-state index contributed by atoms with van der Waals surface area (Å²) in [5.41, 5.74) is 4.55. The Morgan fingerprint density at radius 1 is 1.08 bits per heavy atom. The van der Waals surface area contributed by atoms with Crippen molar-refractivity contribution >= 4 is 23.8 Å². The summed E-state index contributed by atoms with van der Waals surface area (Å²) in [7, 11) is 0. The lowest BCUT2D eigenvalue weighted by molar-refractivity contribution is 0.857. The lowest BCUT2D eigenvalue weighted by atomic mass is 10.1. The number of pyridine rings is 2. The first kappa shape index (κ1) is 16.3. The molecule has 0 spiro atoms. The summed E-state index contributed by atoms with van der Waals surface area (Å²) in [4.78, 5) is 19.9. The first-order valence-electron chi connectivity index (χ1n) is 8.08. The van der Waals surface area contributed by atoms with E-state index in [1.807, 2.05) is 31.2 Å². The third-order valence-corrected chi connectivity index (χ3v) is 4.44. The minimum absolute atomic E-state index is 0.169. The highest BCUT2D eigenvalue weighted by Gasteiger charge is 2.20. The van der Waals surface area contributed by atoms with E-state index in [0.717, 1.165) is 16.8 Å². The zero-order chi connectivity index (χ0) is 18.1. The van der Waals surface area contributed by atoms with E-state index in [1.165, 1.54) is 4.68 Å². The monoisotopic (exact) mass is 362 g/mol. The molecule has 1 aromatic carbocycles. The molecule has 26 heavy (non-hydrogen) atoms. The average Bonchev–Trinajstić information content (AvgIpc) is 2.99. The molecule has 1 aromatic heterocycles. The fraction of sp³-hybridized carbons (Fsp3) is 0.0500. The molecule has 0 aliphatic carbocycles. The van der Waals surface area contributed by atoms with Crippen LogP contribution in [0, 0.1) is 6.92 Å². The minimum atomic E-state index is -0.169. The van der Waals surface area contributed by atoms with Crippen molar-refractivity contribution in [1.29, 1.82) is 0 Å². The van der Waals surface area contributed by atoms with Crippen LogP contribution in [-0.4, -0.2) is 19.7 Å². The Kier molecular flexibility index (Phi) is 4.14. The van der Waals surface area contributed by atoms with Gasteiger partial charge in [-0.1, -0.05) is 23.8 Å². The lowest BCUT2D eigenvalue weighted by Gasteiger charge is -2.05. The Labute approximate surface area is 154 Å². The van der Waals surface area contributed by atoms with Gasteiger partial charge in [0.25, 0.3) is 5.56 Å². The molecule has 128 valence electrons. The number of aryl methyl sites for hydroxylation is 1. The number of H-pyrrole nitrogens is 1. The Morgan fingerprint density at radius 3 is 2.54 bits per heavy atom. The Balaban J connectivity index is 1.85. The van der Waals surface area contributed by atoms with Crippen LogP contribution in [0.1, 0.15) is 16.8 Å². The average molecular weight is 363 g/mol. The standard InChI is InChI=1S/C20H15ClN4O/c1-13-17(7-2-14-8-10-22-11-9-14)19-18(12-23-13)20(26)25(24-19)16-5-3-15(21)4-6-16/h2-12,23H,1H3/b7-2+. The SMILES string of the molecule is Cc1[nH]cc2c(=O)n(-c3ccc(Cl)cc3)nc-2c1/C=C/c1ccncc1. The summed E-state index contributed by atoms with van der Waals surface area (Å²) < 4.78 is 1.40. The number of nitrogens with one attached hydrogen (secondary N) is 1. The van der Waals surface area contributed by atoms with Crippen LogP contribution in [0.2, 0.25) is 5.02 Å². The second-order valence-corrected chi connectivity index (χ2v) is 6.33. The number of benzene rings is 1. The van der Waals surface area contributed by atoms with Gasteiger partial charge in [0.05, 0.1) is 11.3 Å². The maximum atomic E-state index is 12.8. The van der Waals surface area contributed by atoms with Gasteiger partial charge >= 0.3 is 0 Å². The van der Waals surface area contributed by atoms with Crippen molar-refractivity contribution in [3.63, 3.8) is 0 Å². The van der Waals surface area contributed by atoms with Crippen molar-refractivity contribution < 1.29 is 0 Å². The highest BCUT2D eigenvalue weighted by Crippen LogP contribution is 2.25. The lowest BCUT2D eigenvalue weighted by Crippen LogP contribution is -2.14. The Morgan fingerprint density at radius 2 is 1.81 bits per heavy atom. The van der Waals surface area contributed by atoms with Gasteiger partial charge in [0.2, 0.25) is 0 Å². The summed E-state index contributed by atoms with van der Waals surface area (Å²) in [6, 6.07) is 10.9. The van der Waals surface area contributed by atoms with E-state index < -0.39 is 0 Å². The molecule has 0 radical (unpaired) electrons. The van der Waals surface area contributed by atoms with Crippen molar-refractivity contribution in [3.05, 3.63) is 87.2 Å². The number of nitrogens with zero attached hydrogens (tertiary/aromatic N) is 3. The molecule has 3 heterocycles. The number of hydrogen-bond acceptors (Lipinski definition) is 3. The van der Waals surface area contributed by atoms with Crippen LogP contribution in [0.5, 0.6) is 0 Å². The summed E-state index contributed by atoms with van der Waals surface area (Å²) in [6.07, 6.45) is 9.12. The van der Waals surface area contributed by atoms with Crippen LogP contribution in [-0.2, 0) is 0 Å². The van der Waals surface area contributed by atoms with E-state index in [-0.39, 0.29) is 5.56 Å². The van der Waals surface area contributed by atoms with Gasteiger partial charge in [-0.05, 0) is 48.9 Å². The molecule has 0 saturated heterocycles. The number of fused-ring (bicyclic) bond motifs is 1. The number of rotatable bonds is 3. The van der Waals surface area contributed by atoms with Gasteiger partial charge in [-0.15, -0.1) is 0 Å². The largest absolute Gasteiger partial charge is 0.364 e. The van der Waals surface area contributed by atoms with Crippen molar-refractivity contribution in [2.75, 3.05) is 0 Å². The van der Waals surface area contributed by atoms with Crippen LogP contribution in [0.25, 0.3) is 29.1 Å². The molecule has 0 amide bonds. The molecule has 2 aromatic rings. The predicted molar refractivity (Wildman–Crippen MR) is 104 cm³/mol. The van der Waals surface area contributed by atoms with E-state index >= 15 is 0 Å². The second kappa shape index (κ2) is 6.61. The number of aromatic amines is 1. The molecular formula is C20H15ClN4O. The zero-order valence-electron chi connectivity index (χ0n) is 14.0. The van der Waals surface area contributed by atoms with Gasteiger partial charge in [-0.2, -0.15) is 9.78 Å². The molecule has 0 unspecified atom stereocenters. The summed E-state index contributed by atoms with van der Waals surface area (Å²) in [5, 5.41) is 5.18. The maximum absolute atomic E-state index is 12.8. The predicted octanol–water partition coefficient (Wildman–Crippen LogP) is 4.19. The summed E-state index contributed by atoms with van der Waals surface area (Å²) in [5.74, 6) is 0. The van der Waals surface area contributed by atoms with Crippen LogP contribution in [0.4, 0.5) is 0 Å². The molecule has 4 rings (SSSR count). The van der Waals surface area contributed by atoms with E-state index in [9.17, 15) is 4.79 Å². The first-order chi connectivity index (χ1) is 12.6. The van der Waals surface area contributed by atoms with E-state index in [1.54, 1.807) is 42.9 Å². The minimum Gasteiger partial charge on any atom is -0.364 e. The van der Waals surface area contributed by atoms with E-state index in [4.69, 9.17) is 11.6 Å². The molecule has 6 heteroatoms. The number of halogens is 1. The normalized spacial score (nSPS) is 11.5. The molecule has 1 N–H and O–H groups in total. The van der Waals surface area contributed by atoms with Gasteiger partial charge in [-0.25, -0.2) is 0 Å². The van der Waals surface area contributed by atoms with Crippen LogP contribution >= 0.6 is 11.6 Å². The molecular weight excluding hydrogens is 348 g/mol. The maximum Gasteiger partial charge on any atom is 0.282 e. The third-order valence-electron chi connectivity index (χ3n) is 4.19. The van der Waals surface area contributed by atoms with Crippen LogP contribution in [0.3, 0.4) is 0 Å². The van der Waals surface area contributed by atoms with E-state index in [0.29, 0.717) is 22.0 Å². The van der Waals surface area contributed by atoms with Gasteiger partial charge in [0, 0.05) is 34.9 Å². The van der Waals surface area contributed by atoms with Crippen molar-refractivity contribution in [2.24, 2.45) is 0 Å². The number of hydrogen-bond donors (Lipinski definition) is 1. The smallest absolute Gasteiger partial charge is 0.282 e. The van der Waals surface area contributed by atoms with Crippen LogP contribution in [0.15, 0.2) is 59.8 Å². The third kappa shape index (κ3) is 2.93. The summed E-state index contributed by atoms with van der Waals surface area (Å²) in [6.45, 7) is 1.96. The van der Waals surface area contributed by atoms with Crippen molar-refractivity contribution in [1.82, 2.24) is 19.7 Å². The van der Waals surface area contributed by atoms with Gasteiger partial charge < -0.3 is 4.98 Å². The fourth-order valence-corrected chi connectivity index (χ4v) is 2.92. The van der Waals surface area contributed by atoms with Crippen molar-refractivity contribution in [3.8, 4) is 16.9 Å². The van der Waals surface area contributed by atoms with E-state index in [2.05, 4.69) is 15.1 Å². The van der Waals surface area contributed by atoms with Gasteiger partial charge in [0.1, 0.15) is 5.69 Å². The zero-order valence-corrected chi connectivity index (χ0v) is 14.7.